The van der Waals surface area contributed by atoms with Gasteiger partial charge in [0.15, 0.2) is 0 Å². The first-order valence-electron chi connectivity index (χ1n) is 4.94. The van der Waals surface area contributed by atoms with Crippen LogP contribution < -0.4 is 5.32 Å². The largest absolute Gasteiger partial charge is 0.480 e. The lowest BCUT2D eigenvalue weighted by Crippen LogP contribution is -2.40. The molecule has 1 unspecified atom stereocenters. The Morgan fingerprint density at radius 3 is 2.75 bits per heavy atom. The summed E-state index contributed by atoms with van der Waals surface area (Å²) in [5, 5.41) is 11.2. The summed E-state index contributed by atoms with van der Waals surface area (Å²) in [6.07, 6.45) is 5.18. The van der Waals surface area contributed by atoms with Gasteiger partial charge < -0.3 is 10.4 Å². The Labute approximate surface area is 92.7 Å². The van der Waals surface area contributed by atoms with E-state index in [1.54, 1.807) is 0 Å². The average Bonchev–Trinajstić information content (AvgIpc) is 2.29. The third-order valence-corrected chi connectivity index (χ3v) is 1.98. The van der Waals surface area contributed by atoms with Crippen molar-refractivity contribution in [3.63, 3.8) is 0 Å². The van der Waals surface area contributed by atoms with Gasteiger partial charge in [0.25, 0.3) is 5.91 Å². The van der Waals surface area contributed by atoms with Crippen molar-refractivity contribution in [3.8, 4) is 0 Å². The minimum atomic E-state index is -1.04. The molecule has 0 spiro atoms. The Kier molecular flexibility index (Phi) is 4.38. The SMILES string of the molecule is CCCC(NC(=O)c1cnccn1)C(=O)O. The number of hydrogen-bond donors (Lipinski definition) is 2. The van der Waals surface area contributed by atoms with Crippen LogP contribution in [0.15, 0.2) is 18.6 Å². The lowest BCUT2D eigenvalue weighted by atomic mass is 10.1. The topological polar surface area (TPSA) is 92.2 Å². The lowest BCUT2D eigenvalue weighted by Gasteiger charge is -2.12. The molecule has 6 nitrogen and oxygen atoms in total. The third kappa shape index (κ3) is 3.30. The van der Waals surface area contributed by atoms with E-state index >= 15 is 0 Å². The van der Waals surface area contributed by atoms with Crippen LogP contribution in [0.25, 0.3) is 0 Å². The summed E-state index contributed by atoms with van der Waals surface area (Å²) in [5.41, 5.74) is 0.116. The van der Waals surface area contributed by atoms with Gasteiger partial charge in [-0.2, -0.15) is 0 Å². The highest BCUT2D eigenvalue weighted by atomic mass is 16.4. The number of hydrogen-bond acceptors (Lipinski definition) is 4. The molecule has 0 aliphatic carbocycles. The van der Waals surface area contributed by atoms with Gasteiger partial charge in [0, 0.05) is 12.4 Å². The highest BCUT2D eigenvalue weighted by Crippen LogP contribution is 1.99. The van der Waals surface area contributed by atoms with E-state index in [0.29, 0.717) is 12.8 Å². The summed E-state index contributed by atoms with van der Waals surface area (Å²) in [5.74, 6) is -1.56. The molecule has 6 heteroatoms. The number of carboxylic acids is 1. The summed E-state index contributed by atoms with van der Waals surface area (Å²) in [6.45, 7) is 1.85. The van der Waals surface area contributed by atoms with Gasteiger partial charge in [-0.1, -0.05) is 13.3 Å². The number of aliphatic carboxylic acids is 1. The van der Waals surface area contributed by atoms with Crippen molar-refractivity contribution >= 4 is 11.9 Å². The molecule has 0 aromatic carbocycles. The molecule has 0 aliphatic heterocycles. The highest BCUT2D eigenvalue weighted by Gasteiger charge is 2.19. The smallest absolute Gasteiger partial charge is 0.326 e. The molecule has 1 amide bonds. The fraction of sp³-hybridized carbons (Fsp3) is 0.400. The van der Waals surface area contributed by atoms with Crippen molar-refractivity contribution in [2.45, 2.75) is 25.8 Å². The predicted molar refractivity (Wildman–Crippen MR) is 55.8 cm³/mol. The zero-order valence-corrected chi connectivity index (χ0v) is 8.88. The number of nitrogens with zero attached hydrogens (tertiary/aromatic N) is 2. The maximum atomic E-state index is 11.6. The van der Waals surface area contributed by atoms with Crippen LogP contribution in [0.1, 0.15) is 30.3 Å². The molecule has 1 rings (SSSR count). The lowest BCUT2D eigenvalue weighted by molar-refractivity contribution is -0.139. The molecular weight excluding hydrogens is 210 g/mol. The Bertz CT molecular complexity index is 367. The van der Waals surface area contributed by atoms with E-state index in [1.165, 1.54) is 18.6 Å². The third-order valence-electron chi connectivity index (χ3n) is 1.98. The molecule has 1 aromatic heterocycles. The summed E-state index contributed by atoms with van der Waals surface area (Å²) < 4.78 is 0. The van der Waals surface area contributed by atoms with Crippen LogP contribution >= 0.6 is 0 Å². The highest BCUT2D eigenvalue weighted by molar-refractivity contribution is 5.94. The second kappa shape index (κ2) is 5.79. The number of amides is 1. The molecule has 0 bridgehead atoms. The number of rotatable bonds is 5. The van der Waals surface area contributed by atoms with Crippen molar-refractivity contribution < 1.29 is 14.7 Å². The molecule has 1 atom stereocenters. The van der Waals surface area contributed by atoms with E-state index in [4.69, 9.17) is 5.11 Å². The van der Waals surface area contributed by atoms with Crippen LogP contribution in [-0.2, 0) is 4.79 Å². The zero-order chi connectivity index (χ0) is 12.0. The first-order valence-corrected chi connectivity index (χ1v) is 4.94. The normalized spacial score (nSPS) is 11.8. The van der Waals surface area contributed by atoms with E-state index in [2.05, 4.69) is 15.3 Å². The van der Waals surface area contributed by atoms with Crippen molar-refractivity contribution in [1.29, 1.82) is 0 Å². The van der Waals surface area contributed by atoms with Gasteiger partial charge in [-0.05, 0) is 6.42 Å². The van der Waals surface area contributed by atoms with Crippen molar-refractivity contribution in [2.75, 3.05) is 0 Å². The van der Waals surface area contributed by atoms with Gasteiger partial charge in [0.1, 0.15) is 11.7 Å². The van der Waals surface area contributed by atoms with Gasteiger partial charge >= 0.3 is 5.97 Å². The molecule has 1 aromatic rings. The fourth-order valence-corrected chi connectivity index (χ4v) is 1.19. The predicted octanol–water partition coefficient (Wildman–Crippen LogP) is 0.460. The standard InChI is InChI=1S/C10H13N3O3/c1-2-3-7(10(15)16)13-9(14)8-6-11-4-5-12-8/h4-7H,2-3H2,1H3,(H,13,14)(H,15,16). The van der Waals surface area contributed by atoms with Gasteiger partial charge in [-0.15, -0.1) is 0 Å². The zero-order valence-electron chi connectivity index (χ0n) is 8.88. The van der Waals surface area contributed by atoms with Crippen LogP contribution in [0.2, 0.25) is 0 Å². The van der Waals surface area contributed by atoms with E-state index in [0.717, 1.165) is 0 Å². The van der Waals surface area contributed by atoms with E-state index < -0.39 is 17.9 Å². The summed E-state index contributed by atoms with van der Waals surface area (Å²) >= 11 is 0. The van der Waals surface area contributed by atoms with Crippen molar-refractivity contribution in [2.24, 2.45) is 0 Å². The molecular formula is C10H13N3O3. The van der Waals surface area contributed by atoms with Crippen LogP contribution in [0, 0.1) is 0 Å². The second-order valence-electron chi connectivity index (χ2n) is 3.24. The summed E-state index contributed by atoms with van der Waals surface area (Å²) in [7, 11) is 0. The molecule has 16 heavy (non-hydrogen) atoms. The van der Waals surface area contributed by atoms with E-state index in [-0.39, 0.29) is 5.69 Å². The number of nitrogens with one attached hydrogen (secondary N) is 1. The number of aromatic nitrogens is 2. The molecule has 1 heterocycles. The Morgan fingerprint density at radius 2 is 2.25 bits per heavy atom. The molecule has 0 saturated heterocycles. The average molecular weight is 223 g/mol. The van der Waals surface area contributed by atoms with Crippen molar-refractivity contribution in [3.05, 3.63) is 24.3 Å². The maximum absolute atomic E-state index is 11.6. The van der Waals surface area contributed by atoms with E-state index in [1.807, 2.05) is 6.92 Å². The molecule has 2 N–H and O–H groups in total. The number of carboxylic acid groups (broad SMARTS) is 1. The molecule has 0 saturated carbocycles. The van der Waals surface area contributed by atoms with E-state index in [9.17, 15) is 9.59 Å². The minimum absolute atomic E-state index is 0.116. The Hall–Kier alpha value is -1.98. The minimum Gasteiger partial charge on any atom is -0.480 e. The van der Waals surface area contributed by atoms with Crippen LogP contribution in [0.5, 0.6) is 0 Å². The summed E-state index contributed by atoms with van der Waals surface area (Å²) in [4.78, 5) is 29.9. The fourth-order valence-electron chi connectivity index (χ4n) is 1.19. The quantitative estimate of drug-likeness (QED) is 0.756. The van der Waals surface area contributed by atoms with Gasteiger partial charge in [0.2, 0.25) is 0 Å². The van der Waals surface area contributed by atoms with Gasteiger partial charge in [-0.25, -0.2) is 9.78 Å². The Morgan fingerprint density at radius 1 is 1.50 bits per heavy atom. The number of carbonyl (C=O) groups is 2. The molecule has 86 valence electrons. The van der Waals surface area contributed by atoms with Gasteiger partial charge in [-0.3, -0.25) is 9.78 Å². The molecule has 0 aliphatic rings. The maximum Gasteiger partial charge on any atom is 0.326 e. The molecule has 0 radical (unpaired) electrons. The first-order chi connectivity index (χ1) is 7.65. The van der Waals surface area contributed by atoms with Crippen LogP contribution in [0.3, 0.4) is 0 Å². The monoisotopic (exact) mass is 223 g/mol. The van der Waals surface area contributed by atoms with Crippen LogP contribution in [-0.4, -0.2) is 33.0 Å². The Balaban J connectivity index is 2.65. The van der Waals surface area contributed by atoms with Crippen molar-refractivity contribution in [1.82, 2.24) is 15.3 Å². The number of carbonyl (C=O) groups excluding carboxylic acids is 1. The first kappa shape index (κ1) is 12.1. The summed E-state index contributed by atoms with van der Waals surface area (Å²) in [6, 6.07) is -0.875. The second-order valence-corrected chi connectivity index (χ2v) is 3.24. The van der Waals surface area contributed by atoms with Gasteiger partial charge in [0.05, 0.1) is 6.20 Å². The molecule has 0 fully saturated rings. The van der Waals surface area contributed by atoms with Crippen LogP contribution in [0.4, 0.5) is 0 Å².